The molecular weight excluding hydrogens is 256 g/mol. The predicted octanol–water partition coefficient (Wildman–Crippen LogP) is 1.57. The van der Waals surface area contributed by atoms with Crippen molar-refractivity contribution in [3.05, 3.63) is 29.3 Å². The molecule has 100 valence electrons. The van der Waals surface area contributed by atoms with Crippen LogP contribution in [-0.4, -0.2) is 27.6 Å². The predicted molar refractivity (Wildman–Crippen MR) is 65.7 cm³/mol. The van der Waals surface area contributed by atoms with Crippen molar-refractivity contribution in [3.63, 3.8) is 0 Å². The number of hydrogen-bond acceptors (Lipinski definition) is 5. The Morgan fingerprint density at radius 3 is 2.33 bits per heavy atom. The largest absolute Gasteiger partial charge is 0.467 e. The normalized spacial score (nSPS) is 13.1. The fraction of sp³-hybridized carbons (Fsp3) is 0.417. The maximum atomic E-state index is 11.9. The molecule has 0 amide bonds. The first-order chi connectivity index (χ1) is 8.27. The molecular formula is C12H16O5S. The van der Waals surface area contributed by atoms with Crippen molar-refractivity contribution in [2.75, 3.05) is 7.11 Å². The summed E-state index contributed by atoms with van der Waals surface area (Å²) in [5, 5.41) is 0. The molecule has 0 aliphatic carbocycles. The van der Waals surface area contributed by atoms with Crippen LogP contribution >= 0.6 is 0 Å². The summed E-state index contributed by atoms with van der Waals surface area (Å²) in [5.74, 6) is -0.734. The van der Waals surface area contributed by atoms with Crippen molar-refractivity contribution in [2.45, 2.75) is 31.8 Å². The van der Waals surface area contributed by atoms with Gasteiger partial charge in [0.25, 0.3) is 10.1 Å². The molecule has 1 atom stereocenters. The lowest BCUT2D eigenvalue weighted by Gasteiger charge is -2.11. The van der Waals surface area contributed by atoms with Crippen LogP contribution in [0.5, 0.6) is 0 Å². The molecule has 0 N–H and O–H groups in total. The van der Waals surface area contributed by atoms with E-state index in [1.807, 2.05) is 6.92 Å². The Kier molecular flexibility index (Phi) is 4.48. The number of ether oxygens (including phenoxy) is 1. The first kappa shape index (κ1) is 14.7. The number of hydrogen-bond donors (Lipinski definition) is 0. The zero-order valence-electron chi connectivity index (χ0n) is 10.8. The van der Waals surface area contributed by atoms with Gasteiger partial charge in [-0.15, -0.1) is 0 Å². The van der Waals surface area contributed by atoms with Crippen LogP contribution in [0.3, 0.4) is 0 Å². The molecule has 5 nitrogen and oxygen atoms in total. The van der Waals surface area contributed by atoms with E-state index in [9.17, 15) is 13.2 Å². The standard InChI is InChI=1S/C12H16O5S/c1-8-5-6-11(7-9(8)2)18(14,15)17-10(3)12(13)16-4/h5-7,10H,1-4H3. The van der Waals surface area contributed by atoms with Gasteiger partial charge in [-0.05, 0) is 44.0 Å². The lowest BCUT2D eigenvalue weighted by molar-refractivity contribution is -0.147. The molecule has 0 bridgehead atoms. The smallest absolute Gasteiger partial charge is 0.336 e. The van der Waals surface area contributed by atoms with Gasteiger partial charge in [0, 0.05) is 0 Å². The number of carbonyl (C=O) groups excluding carboxylic acids is 1. The van der Waals surface area contributed by atoms with E-state index in [4.69, 9.17) is 4.18 Å². The van der Waals surface area contributed by atoms with E-state index < -0.39 is 22.2 Å². The molecule has 0 saturated heterocycles. The van der Waals surface area contributed by atoms with E-state index in [1.165, 1.54) is 26.2 Å². The van der Waals surface area contributed by atoms with Crippen molar-refractivity contribution >= 4 is 16.1 Å². The Morgan fingerprint density at radius 1 is 1.22 bits per heavy atom. The SMILES string of the molecule is COC(=O)C(C)OS(=O)(=O)c1ccc(C)c(C)c1. The van der Waals surface area contributed by atoms with Gasteiger partial charge >= 0.3 is 5.97 Å². The Morgan fingerprint density at radius 2 is 1.83 bits per heavy atom. The number of methoxy groups -OCH3 is 1. The monoisotopic (exact) mass is 272 g/mol. The second-order valence-electron chi connectivity index (χ2n) is 3.96. The molecule has 0 saturated carbocycles. The van der Waals surface area contributed by atoms with Crippen molar-refractivity contribution < 1.29 is 22.1 Å². The molecule has 1 unspecified atom stereocenters. The molecule has 0 heterocycles. The average Bonchev–Trinajstić information content (AvgIpc) is 2.30. The summed E-state index contributed by atoms with van der Waals surface area (Å²) in [5.41, 5.74) is 1.82. The summed E-state index contributed by atoms with van der Waals surface area (Å²) in [7, 11) is -2.78. The van der Waals surface area contributed by atoms with E-state index in [-0.39, 0.29) is 4.90 Å². The lowest BCUT2D eigenvalue weighted by atomic mass is 10.1. The van der Waals surface area contributed by atoms with Crippen molar-refractivity contribution in [1.82, 2.24) is 0 Å². The van der Waals surface area contributed by atoms with Gasteiger partial charge in [0.15, 0.2) is 6.10 Å². The molecule has 1 rings (SSSR count). The highest BCUT2D eigenvalue weighted by Gasteiger charge is 2.24. The van der Waals surface area contributed by atoms with E-state index in [0.29, 0.717) is 0 Å². The molecule has 6 heteroatoms. The highest BCUT2D eigenvalue weighted by atomic mass is 32.2. The van der Waals surface area contributed by atoms with Crippen molar-refractivity contribution in [2.24, 2.45) is 0 Å². The van der Waals surface area contributed by atoms with Crippen molar-refractivity contribution in [3.8, 4) is 0 Å². The van der Waals surface area contributed by atoms with Gasteiger partial charge < -0.3 is 4.74 Å². The number of esters is 1. The number of carbonyl (C=O) groups is 1. The summed E-state index contributed by atoms with van der Waals surface area (Å²) in [6.45, 7) is 5.01. The number of benzene rings is 1. The lowest BCUT2D eigenvalue weighted by Crippen LogP contribution is -2.25. The minimum atomic E-state index is -3.95. The van der Waals surface area contributed by atoms with E-state index in [1.54, 1.807) is 13.0 Å². The van der Waals surface area contributed by atoms with Crippen LogP contribution in [0.2, 0.25) is 0 Å². The highest BCUT2D eigenvalue weighted by Crippen LogP contribution is 2.18. The van der Waals surface area contributed by atoms with Crippen LogP contribution in [0.25, 0.3) is 0 Å². The molecule has 0 spiro atoms. The topological polar surface area (TPSA) is 69.7 Å². The van der Waals surface area contributed by atoms with E-state index >= 15 is 0 Å². The zero-order valence-corrected chi connectivity index (χ0v) is 11.6. The number of aryl methyl sites for hydroxylation is 2. The first-order valence-corrected chi connectivity index (χ1v) is 6.77. The van der Waals surface area contributed by atoms with Crippen molar-refractivity contribution in [1.29, 1.82) is 0 Å². The highest BCUT2D eigenvalue weighted by molar-refractivity contribution is 7.86. The van der Waals surface area contributed by atoms with Crippen LogP contribution in [0.15, 0.2) is 23.1 Å². The van der Waals surface area contributed by atoms with Gasteiger partial charge in [-0.25, -0.2) is 4.79 Å². The van der Waals surface area contributed by atoms with E-state index in [2.05, 4.69) is 4.74 Å². The van der Waals surface area contributed by atoms with Crippen LogP contribution in [0.1, 0.15) is 18.1 Å². The minimum Gasteiger partial charge on any atom is -0.467 e. The molecule has 0 aliphatic rings. The molecule has 0 radical (unpaired) electrons. The molecule has 0 fully saturated rings. The van der Waals surface area contributed by atoms with Crippen LogP contribution < -0.4 is 0 Å². The second kappa shape index (κ2) is 5.49. The maximum Gasteiger partial charge on any atom is 0.336 e. The second-order valence-corrected chi connectivity index (χ2v) is 5.53. The van der Waals surface area contributed by atoms with Gasteiger partial charge in [0.2, 0.25) is 0 Å². The third kappa shape index (κ3) is 3.30. The summed E-state index contributed by atoms with van der Waals surface area (Å²) in [6.07, 6.45) is -1.17. The molecule has 1 aromatic carbocycles. The minimum absolute atomic E-state index is 0.0290. The quantitative estimate of drug-likeness (QED) is 0.614. The molecule has 0 aromatic heterocycles. The Labute approximate surface area is 107 Å². The Bertz CT molecular complexity index is 548. The molecule has 1 aromatic rings. The van der Waals surface area contributed by atoms with Gasteiger partial charge in [-0.2, -0.15) is 8.42 Å². The molecule has 0 aliphatic heterocycles. The summed E-state index contributed by atoms with van der Waals surface area (Å²) >= 11 is 0. The van der Waals surface area contributed by atoms with Gasteiger partial charge in [0.05, 0.1) is 12.0 Å². The van der Waals surface area contributed by atoms with E-state index in [0.717, 1.165) is 11.1 Å². The third-order valence-corrected chi connectivity index (χ3v) is 3.94. The van der Waals surface area contributed by atoms with Gasteiger partial charge in [0.1, 0.15) is 0 Å². The Balaban J connectivity index is 3.00. The van der Waals surface area contributed by atoms with Gasteiger partial charge in [-0.3, -0.25) is 4.18 Å². The summed E-state index contributed by atoms with van der Waals surface area (Å²) in [4.78, 5) is 11.2. The zero-order chi connectivity index (χ0) is 13.9. The third-order valence-electron chi connectivity index (χ3n) is 2.57. The van der Waals surface area contributed by atoms with Crippen LogP contribution in [0.4, 0.5) is 0 Å². The Hall–Kier alpha value is -1.40. The first-order valence-electron chi connectivity index (χ1n) is 5.36. The maximum absolute atomic E-state index is 11.9. The van der Waals surface area contributed by atoms with Gasteiger partial charge in [-0.1, -0.05) is 6.07 Å². The number of rotatable bonds is 4. The van der Waals surface area contributed by atoms with Crippen LogP contribution in [-0.2, 0) is 23.8 Å². The average molecular weight is 272 g/mol. The summed E-state index contributed by atoms with van der Waals surface area (Å²) in [6, 6.07) is 4.64. The fourth-order valence-electron chi connectivity index (χ4n) is 1.32. The van der Waals surface area contributed by atoms with Crippen LogP contribution in [0, 0.1) is 13.8 Å². The summed E-state index contributed by atoms with van der Waals surface area (Å²) < 4.78 is 33.0. The molecule has 18 heavy (non-hydrogen) atoms. The fourth-order valence-corrected chi connectivity index (χ4v) is 2.45.